The van der Waals surface area contributed by atoms with Gasteiger partial charge in [-0.15, -0.1) is 0 Å². The predicted molar refractivity (Wildman–Crippen MR) is 108 cm³/mol. The smallest absolute Gasteiger partial charge is 0.387 e. The highest BCUT2D eigenvalue weighted by molar-refractivity contribution is 7.89. The minimum absolute atomic E-state index is 0.00214. The second kappa shape index (κ2) is 11.2. The van der Waals surface area contributed by atoms with Gasteiger partial charge >= 0.3 is 12.6 Å². The summed E-state index contributed by atoms with van der Waals surface area (Å²) in [6.45, 7) is -3.14. The Kier molecular flexibility index (Phi) is 8.64. The van der Waals surface area contributed by atoms with E-state index < -0.39 is 35.1 Å². The van der Waals surface area contributed by atoms with E-state index in [2.05, 4.69) is 10.1 Å². The van der Waals surface area contributed by atoms with Crippen LogP contribution in [0.1, 0.15) is 11.1 Å². The van der Waals surface area contributed by atoms with Crippen LogP contribution in [0.3, 0.4) is 0 Å². The van der Waals surface area contributed by atoms with Crippen molar-refractivity contribution in [3.63, 3.8) is 0 Å². The third-order valence-electron chi connectivity index (χ3n) is 3.85. The standard InChI is InChI=1S/C20H20F2N2O6S/c21-20(22)30-16-6-1-14(2-7-16)5-10-19(26)29-13-18(25)24-12-11-15-3-8-17(9-4-15)31(23,27)28/h1-10,20H,11-13H2,(H,24,25)(H2,23,27,28)/b10-5+. The Balaban J connectivity index is 1.69. The van der Waals surface area contributed by atoms with Crippen LogP contribution in [-0.4, -0.2) is 40.1 Å². The van der Waals surface area contributed by atoms with Gasteiger partial charge in [-0.1, -0.05) is 24.3 Å². The minimum atomic E-state index is -3.75. The highest BCUT2D eigenvalue weighted by Crippen LogP contribution is 2.15. The molecule has 0 aromatic heterocycles. The molecular weight excluding hydrogens is 434 g/mol. The van der Waals surface area contributed by atoms with Crippen molar-refractivity contribution in [1.82, 2.24) is 5.32 Å². The summed E-state index contributed by atoms with van der Waals surface area (Å²) in [6.07, 6.45) is 2.94. The minimum Gasteiger partial charge on any atom is -0.452 e. The van der Waals surface area contributed by atoms with E-state index >= 15 is 0 Å². The van der Waals surface area contributed by atoms with E-state index in [0.717, 1.165) is 11.6 Å². The van der Waals surface area contributed by atoms with Crippen LogP contribution in [0.4, 0.5) is 8.78 Å². The molecular formula is C20H20F2N2O6S. The molecule has 0 heterocycles. The molecule has 166 valence electrons. The van der Waals surface area contributed by atoms with E-state index in [1.165, 1.54) is 42.5 Å². The van der Waals surface area contributed by atoms with Gasteiger partial charge in [-0.3, -0.25) is 4.79 Å². The van der Waals surface area contributed by atoms with Gasteiger partial charge in [0, 0.05) is 12.6 Å². The highest BCUT2D eigenvalue weighted by atomic mass is 32.2. The molecule has 0 fully saturated rings. The van der Waals surface area contributed by atoms with Gasteiger partial charge in [-0.05, 0) is 47.9 Å². The number of esters is 1. The first-order chi connectivity index (χ1) is 14.6. The van der Waals surface area contributed by atoms with E-state index in [0.29, 0.717) is 12.0 Å². The van der Waals surface area contributed by atoms with Gasteiger partial charge in [0.05, 0.1) is 4.90 Å². The van der Waals surface area contributed by atoms with Crippen LogP contribution in [0.25, 0.3) is 6.08 Å². The zero-order chi connectivity index (χ0) is 22.9. The quantitative estimate of drug-likeness (QED) is 0.417. The average Bonchev–Trinajstić information content (AvgIpc) is 2.71. The zero-order valence-corrected chi connectivity index (χ0v) is 17.0. The van der Waals surface area contributed by atoms with E-state index in [1.54, 1.807) is 12.1 Å². The third kappa shape index (κ3) is 8.93. The Morgan fingerprint density at radius 1 is 1.06 bits per heavy atom. The molecule has 0 spiro atoms. The molecule has 0 saturated heterocycles. The van der Waals surface area contributed by atoms with Crippen LogP contribution in [0.15, 0.2) is 59.5 Å². The summed E-state index contributed by atoms with van der Waals surface area (Å²) in [7, 11) is -3.75. The van der Waals surface area contributed by atoms with Gasteiger partial charge in [-0.25, -0.2) is 18.4 Å². The van der Waals surface area contributed by atoms with Crippen molar-refractivity contribution in [2.24, 2.45) is 5.14 Å². The van der Waals surface area contributed by atoms with E-state index in [1.807, 2.05) is 0 Å². The van der Waals surface area contributed by atoms with Gasteiger partial charge in [-0.2, -0.15) is 8.78 Å². The summed E-state index contributed by atoms with van der Waals surface area (Å²) in [5, 5.41) is 7.59. The monoisotopic (exact) mass is 454 g/mol. The topological polar surface area (TPSA) is 125 Å². The number of alkyl halides is 2. The molecule has 0 bridgehead atoms. The normalized spacial score (nSPS) is 11.5. The third-order valence-corrected chi connectivity index (χ3v) is 4.78. The first kappa shape index (κ1) is 24.0. The number of rotatable bonds is 10. The number of benzene rings is 2. The lowest BCUT2D eigenvalue weighted by Crippen LogP contribution is -2.30. The maximum atomic E-state index is 12.1. The lowest BCUT2D eigenvalue weighted by molar-refractivity contribution is -0.143. The van der Waals surface area contributed by atoms with Crippen molar-refractivity contribution in [1.29, 1.82) is 0 Å². The maximum Gasteiger partial charge on any atom is 0.387 e. The number of halogens is 2. The maximum absolute atomic E-state index is 12.1. The molecule has 31 heavy (non-hydrogen) atoms. The Hall–Kier alpha value is -3.31. The molecule has 2 rings (SSSR count). The highest BCUT2D eigenvalue weighted by Gasteiger charge is 2.08. The van der Waals surface area contributed by atoms with E-state index in [-0.39, 0.29) is 17.2 Å². The Labute approximate surface area is 177 Å². The summed E-state index contributed by atoms with van der Waals surface area (Å²) in [5.74, 6) is -1.26. The molecule has 2 aromatic carbocycles. The Morgan fingerprint density at radius 3 is 2.29 bits per heavy atom. The fourth-order valence-corrected chi connectivity index (χ4v) is 2.87. The summed E-state index contributed by atoms with van der Waals surface area (Å²) in [4.78, 5) is 23.4. The number of carbonyl (C=O) groups excluding carboxylic acids is 2. The van der Waals surface area contributed by atoms with Crippen LogP contribution in [0, 0.1) is 0 Å². The van der Waals surface area contributed by atoms with Crippen LogP contribution in [-0.2, 0) is 30.8 Å². The van der Waals surface area contributed by atoms with Crippen molar-refractivity contribution in [3.05, 3.63) is 65.7 Å². The molecule has 0 atom stereocenters. The number of carbonyl (C=O) groups is 2. The average molecular weight is 454 g/mol. The summed E-state index contributed by atoms with van der Waals surface area (Å²) in [5.41, 5.74) is 1.34. The molecule has 8 nitrogen and oxygen atoms in total. The van der Waals surface area contributed by atoms with E-state index in [9.17, 15) is 26.8 Å². The van der Waals surface area contributed by atoms with Crippen molar-refractivity contribution in [2.45, 2.75) is 17.9 Å². The first-order valence-corrected chi connectivity index (χ1v) is 10.5. The molecule has 1 amide bonds. The number of sulfonamides is 1. The molecule has 11 heteroatoms. The number of nitrogens with one attached hydrogen (secondary N) is 1. The van der Waals surface area contributed by atoms with Crippen LogP contribution >= 0.6 is 0 Å². The lowest BCUT2D eigenvalue weighted by Gasteiger charge is -2.06. The SMILES string of the molecule is NS(=O)(=O)c1ccc(CCNC(=O)COC(=O)/C=C/c2ccc(OC(F)F)cc2)cc1. The summed E-state index contributed by atoms with van der Waals surface area (Å²) >= 11 is 0. The van der Waals surface area contributed by atoms with Crippen molar-refractivity contribution in [2.75, 3.05) is 13.2 Å². The molecule has 0 aliphatic rings. The summed E-state index contributed by atoms with van der Waals surface area (Å²) in [6, 6.07) is 11.5. The second-order valence-corrected chi connectivity index (χ2v) is 7.74. The van der Waals surface area contributed by atoms with Gasteiger partial charge in [0.1, 0.15) is 5.75 Å². The van der Waals surface area contributed by atoms with Crippen LogP contribution < -0.4 is 15.2 Å². The fraction of sp³-hybridized carbons (Fsp3) is 0.200. The lowest BCUT2D eigenvalue weighted by atomic mass is 10.1. The molecule has 0 aliphatic heterocycles. The largest absolute Gasteiger partial charge is 0.452 e. The van der Waals surface area contributed by atoms with Gasteiger partial charge < -0.3 is 14.8 Å². The number of primary sulfonamides is 1. The number of amides is 1. The zero-order valence-electron chi connectivity index (χ0n) is 16.2. The van der Waals surface area contributed by atoms with Gasteiger partial charge in [0.25, 0.3) is 5.91 Å². The number of ether oxygens (including phenoxy) is 2. The molecule has 0 radical (unpaired) electrons. The first-order valence-electron chi connectivity index (χ1n) is 8.91. The summed E-state index contributed by atoms with van der Waals surface area (Å²) < 4.78 is 55.6. The van der Waals surface area contributed by atoms with Gasteiger partial charge in [0.2, 0.25) is 10.0 Å². The van der Waals surface area contributed by atoms with Crippen LogP contribution in [0.2, 0.25) is 0 Å². The fourth-order valence-electron chi connectivity index (χ4n) is 2.35. The molecule has 0 unspecified atom stereocenters. The Morgan fingerprint density at radius 2 is 1.71 bits per heavy atom. The molecule has 0 aliphatic carbocycles. The van der Waals surface area contributed by atoms with Crippen LogP contribution in [0.5, 0.6) is 5.75 Å². The Bertz CT molecular complexity index is 1020. The van der Waals surface area contributed by atoms with Crippen molar-refractivity contribution in [3.8, 4) is 5.75 Å². The second-order valence-electron chi connectivity index (χ2n) is 6.18. The predicted octanol–water partition coefficient (Wildman–Crippen LogP) is 1.85. The number of hydrogen-bond donors (Lipinski definition) is 2. The molecule has 0 saturated carbocycles. The van der Waals surface area contributed by atoms with Crippen molar-refractivity contribution >= 4 is 28.0 Å². The molecule has 3 N–H and O–H groups in total. The van der Waals surface area contributed by atoms with E-state index in [4.69, 9.17) is 9.88 Å². The van der Waals surface area contributed by atoms with Crippen molar-refractivity contribution < 1.29 is 36.3 Å². The molecule has 2 aromatic rings. The number of hydrogen-bond acceptors (Lipinski definition) is 6. The number of nitrogens with two attached hydrogens (primary N) is 1. The van der Waals surface area contributed by atoms with Gasteiger partial charge in [0.15, 0.2) is 6.61 Å².